The van der Waals surface area contributed by atoms with E-state index in [-0.39, 0.29) is 11.2 Å². The first-order chi connectivity index (χ1) is 6.61. The van der Waals surface area contributed by atoms with E-state index in [1.54, 1.807) is 0 Å². The maximum Gasteiger partial charge on any atom is 0.326 e. The van der Waals surface area contributed by atoms with Gasteiger partial charge >= 0.3 is 5.97 Å². The summed E-state index contributed by atoms with van der Waals surface area (Å²) in [4.78, 5) is 21.6. The monoisotopic (exact) mass is 266 g/mol. The predicted molar refractivity (Wildman–Crippen MR) is 56.3 cm³/mol. The third kappa shape index (κ3) is 5.93. The molecule has 14 heavy (non-hydrogen) atoms. The number of hydrogen-bond acceptors (Lipinski definition) is 3. The van der Waals surface area contributed by atoms with Crippen LogP contribution in [0.4, 0.5) is 0 Å². The van der Waals surface area contributed by atoms with E-state index in [4.69, 9.17) is 10.8 Å². The molecule has 5 nitrogen and oxygen atoms in total. The van der Waals surface area contributed by atoms with E-state index < -0.39 is 12.0 Å². The molecule has 4 N–H and O–H groups in total. The number of hydrogen-bond donors (Lipinski definition) is 3. The van der Waals surface area contributed by atoms with Crippen LogP contribution in [0.2, 0.25) is 0 Å². The number of rotatable bonds is 7. The number of amides is 1. The summed E-state index contributed by atoms with van der Waals surface area (Å²) in [6.45, 7) is 0.540. The number of halogens is 1. The molecule has 1 amide bonds. The highest BCUT2D eigenvalue weighted by Crippen LogP contribution is 2.00. The molecular weight excluding hydrogens is 252 g/mol. The van der Waals surface area contributed by atoms with Crippen LogP contribution in [0.15, 0.2) is 0 Å². The van der Waals surface area contributed by atoms with Gasteiger partial charge in [-0.05, 0) is 25.8 Å². The molecular formula is C8H15BrN2O3. The molecule has 6 heteroatoms. The highest BCUT2D eigenvalue weighted by molar-refractivity contribution is 9.09. The smallest absolute Gasteiger partial charge is 0.326 e. The molecule has 0 spiro atoms. The van der Waals surface area contributed by atoms with Crippen molar-refractivity contribution in [2.24, 2.45) is 5.73 Å². The summed E-state index contributed by atoms with van der Waals surface area (Å²) in [5.74, 6) is -1.32. The zero-order valence-corrected chi connectivity index (χ0v) is 9.42. The van der Waals surface area contributed by atoms with Crippen molar-refractivity contribution >= 4 is 27.8 Å². The van der Waals surface area contributed by atoms with Crippen molar-refractivity contribution < 1.29 is 14.7 Å². The van der Waals surface area contributed by atoms with Crippen LogP contribution >= 0.6 is 15.9 Å². The number of alkyl halides is 1. The fourth-order valence-electron chi connectivity index (χ4n) is 0.983. The summed E-state index contributed by atoms with van der Waals surface area (Å²) >= 11 is 2.95. The minimum Gasteiger partial charge on any atom is -0.480 e. The normalized spacial score (nSPS) is 12.1. The van der Waals surface area contributed by atoms with Crippen LogP contribution in [0.5, 0.6) is 0 Å². The first kappa shape index (κ1) is 13.4. The molecule has 1 atom stereocenters. The summed E-state index contributed by atoms with van der Waals surface area (Å²) in [7, 11) is 0. The van der Waals surface area contributed by atoms with Crippen LogP contribution in [-0.2, 0) is 9.59 Å². The van der Waals surface area contributed by atoms with E-state index in [0.29, 0.717) is 19.4 Å². The second-order valence-electron chi connectivity index (χ2n) is 2.88. The number of carbonyl (C=O) groups is 2. The van der Waals surface area contributed by atoms with Gasteiger partial charge in [-0.15, -0.1) is 0 Å². The Hall–Kier alpha value is -0.620. The summed E-state index contributed by atoms with van der Waals surface area (Å²) in [6, 6.07) is -0.799. The molecule has 0 aliphatic heterocycles. The molecule has 0 aromatic heterocycles. The third-order valence-corrected chi connectivity index (χ3v) is 2.21. The minimum absolute atomic E-state index is 0.119. The average molecular weight is 267 g/mol. The lowest BCUT2D eigenvalue weighted by molar-refractivity contribution is -0.141. The van der Waals surface area contributed by atoms with Crippen molar-refractivity contribution in [1.29, 1.82) is 0 Å². The van der Waals surface area contributed by atoms with Crippen LogP contribution in [0.25, 0.3) is 0 Å². The quantitative estimate of drug-likeness (QED) is 0.450. The number of unbranched alkanes of at least 4 members (excludes halogenated alkanes) is 1. The van der Waals surface area contributed by atoms with E-state index in [1.807, 2.05) is 0 Å². The third-order valence-electron chi connectivity index (χ3n) is 1.70. The summed E-state index contributed by atoms with van der Waals surface area (Å²) in [5, 5.41) is 11.3. The molecule has 0 aliphatic rings. The number of carboxylic acids is 1. The maximum atomic E-state index is 10.9. The van der Waals surface area contributed by atoms with Gasteiger partial charge in [-0.25, -0.2) is 4.79 Å². The number of carbonyl (C=O) groups excluding carboxylic acids is 1. The number of nitrogens with one attached hydrogen (secondary N) is 1. The highest BCUT2D eigenvalue weighted by Gasteiger charge is 2.18. The SMILES string of the molecule is NCCCCC(NC(=O)CBr)C(=O)O. The summed E-state index contributed by atoms with van der Waals surface area (Å²) in [5.41, 5.74) is 5.28. The minimum atomic E-state index is -1.00. The van der Waals surface area contributed by atoms with Gasteiger partial charge < -0.3 is 16.2 Å². The van der Waals surface area contributed by atoms with Crippen LogP contribution in [-0.4, -0.2) is 34.9 Å². The molecule has 0 saturated carbocycles. The Morgan fingerprint density at radius 2 is 2.07 bits per heavy atom. The second kappa shape index (κ2) is 7.75. The number of aliphatic carboxylic acids is 1. The van der Waals surface area contributed by atoms with Crippen LogP contribution in [0.1, 0.15) is 19.3 Å². The number of carboxylic acid groups (broad SMARTS) is 1. The highest BCUT2D eigenvalue weighted by atomic mass is 79.9. The molecule has 0 heterocycles. The molecule has 0 aliphatic carbocycles. The first-order valence-electron chi connectivity index (χ1n) is 4.40. The van der Waals surface area contributed by atoms with Crippen molar-refractivity contribution in [2.45, 2.75) is 25.3 Å². The average Bonchev–Trinajstić information content (AvgIpc) is 2.16. The molecule has 0 fully saturated rings. The van der Waals surface area contributed by atoms with Crippen LogP contribution < -0.4 is 11.1 Å². The number of nitrogens with two attached hydrogens (primary N) is 1. The lowest BCUT2D eigenvalue weighted by Crippen LogP contribution is -2.41. The van der Waals surface area contributed by atoms with Crippen molar-refractivity contribution in [3.63, 3.8) is 0 Å². The standard InChI is InChI=1S/C8H15BrN2O3/c9-5-7(12)11-6(8(13)14)3-1-2-4-10/h6H,1-5,10H2,(H,11,12)(H,13,14). The van der Waals surface area contributed by atoms with Crippen molar-refractivity contribution in [3.8, 4) is 0 Å². The van der Waals surface area contributed by atoms with E-state index in [0.717, 1.165) is 6.42 Å². The zero-order valence-electron chi connectivity index (χ0n) is 7.83. The Morgan fingerprint density at radius 3 is 2.50 bits per heavy atom. The lowest BCUT2D eigenvalue weighted by Gasteiger charge is -2.12. The molecule has 1 unspecified atom stereocenters. The fourth-order valence-corrected chi connectivity index (χ4v) is 1.14. The Labute approximate surface area is 91.2 Å². The van der Waals surface area contributed by atoms with Crippen molar-refractivity contribution in [1.82, 2.24) is 5.32 Å². The van der Waals surface area contributed by atoms with Gasteiger partial charge in [0.15, 0.2) is 0 Å². The van der Waals surface area contributed by atoms with Gasteiger partial charge in [0.25, 0.3) is 0 Å². The Morgan fingerprint density at radius 1 is 1.43 bits per heavy atom. The molecule has 0 bridgehead atoms. The lowest BCUT2D eigenvalue weighted by atomic mass is 10.1. The van der Waals surface area contributed by atoms with E-state index in [2.05, 4.69) is 21.2 Å². The summed E-state index contributed by atoms with van der Waals surface area (Å²) in [6.07, 6.45) is 1.90. The molecule has 0 saturated heterocycles. The van der Waals surface area contributed by atoms with Crippen LogP contribution in [0, 0.1) is 0 Å². The largest absolute Gasteiger partial charge is 0.480 e. The van der Waals surface area contributed by atoms with E-state index in [1.165, 1.54) is 0 Å². The molecule has 82 valence electrons. The Kier molecular flexibility index (Phi) is 7.41. The predicted octanol–water partition coefficient (Wildman–Crippen LogP) is 0.0797. The molecule has 0 rings (SSSR count). The van der Waals surface area contributed by atoms with E-state index in [9.17, 15) is 9.59 Å². The van der Waals surface area contributed by atoms with Gasteiger partial charge in [0, 0.05) is 0 Å². The fraction of sp³-hybridized carbons (Fsp3) is 0.750. The van der Waals surface area contributed by atoms with E-state index >= 15 is 0 Å². The summed E-state index contributed by atoms with van der Waals surface area (Å²) < 4.78 is 0. The van der Waals surface area contributed by atoms with Gasteiger partial charge in [-0.2, -0.15) is 0 Å². The zero-order chi connectivity index (χ0) is 11.0. The first-order valence-corrected chi connectivity index (χ1v) is 5.52. The second-order valence-corrected chi connectivity index (χ2v) is 3.44. The topological polar surface area (TPSA) is 92.4 Å². The molecule has 0 aromatic rings. The maximum absolute atomic E-state index is 10.9. The van der Waals surface area contributed by atoms with Crippen LogP contribution in [0.3, 0.4) is 0 Å². The van der Waals surface area contributed by atoms with Gasteiger partial charge in [0.1, 0.15) is 6.04 Å². The van der Waals surface area contributed by atoms with Crippen molar-refractivity contribution in [3.05, 3.63) is 0 Å². The van der Waals surface area contributed by atoms with Gasteiger partial charge in [-0.3, -0.25) is 4.79 Å². The van der Waals surface area contributed by atoms with Gasteiger partial charge in [-0.1, -0.05) is 15.9 Å². The molecule has 0 aromatic carbocycles. The molecule has 0 radical (unpaired) electrons. The Balaban J connectivity index is 3.90. The van der Waals surface area contributed by atoms with Gasteiger partial charge in [0.2, 0.25) is 5.91 Å². The Bertz CT molecular complexity index is 199. The van der Waals surface area contributed by atoms with Gasteiger partial charge in [0.05, 0.1) is 5.33 Å². The van der Waals surface area contributed by atoms with Crippen molar-refractivity contribution in [2.75, 3.05) is 11.9 Å².